The van der Waals surface area contributed by atoms with Crippen LogP contribution in [0.4, 0.5) is 26.3 Å². The van der Waals surface area contributed by atoms with Crippen molar-refractivity contribution >= 4 is 0 Å². The molecule has 0 aliphatic heterocycles. The van der Waals surface area contributed by atoms with Crippen molar-refractivity contribution in [3.05, 3.63) is 0 Å². The first-order chi connectivity index (χ1) is 8.96. The SMILES string of the molecule is C[C@H](CC(C)(C(F)(F)F)C(F)(F)F)C1CC2CCC1C2. The predicted molar refractivity (Wildman–Crippen MR) is 62.9 cm³/mol. The van der Waals surface area contributed by atoms with Crippen LogP contribution in [0.5, 0.6) is 0 Å². The van der Waals surface area contributed by atoms with E-state index in [1.54, 1.807) is 6.92 Å². The Morgan fingerprint density at radius 3 is 1.85 bits per heavy atom. The Labute approximate surface area is 114 Å². The summed E-state index contributed by atoms with van der Waals surface area (Å²) in [4.78, 5) is 0. The maximum Gasteiger partial charge on any atom is 0.402 e. The fourth-order valence-corrected chi connectivity index (χ4v) is 4.18. The van der Waals surface area contributed by atoms with Crippen LogP contribution < -0.4 is 0 Å². The van der Waals surface area contributed by atoms with Crippen LogP contribution >= 0.6 is 0 Å². The van der Waals surface area contributed by atoms with Gasteiger partial charge in [0.15, 0.2) is 5.41 Å². The maximum absolute atomic E-state index is 12.9. The Morgan fingerprint density at radius 2 is 1.50 bits per heavy atom. The highest BCUT2D eigenvalue weighted by Gasteiger charge is 2.67. The maximum atomic E-state index is 12.9. The molecule has 3 unspecified atom stereocenters. The van der Waals surface area contributed by atoms with Gasteiger partial charge in [-0.1, -0.05) is 13.3 Å². The van der Waals surface area contributed by atoms with Crippen LogP contribution in [0.1, 0.15) is 46.0 Å². The zero-order chi connectivity index (χ0) is 15.3. The van der Waals surface area contributed by atoms with Crippen molar-refractivity contribution in [2.75, 3.05) is 0 Å². The summed E-state index contributed by atoms with van der Waals surface area (Å²) in [6.45, 7) is 1.86. The smallest absolute Gasteiger partial charge is 0.170 e. The van der Waals surface area contributed by atoms with E-state index in [2.05, 4.69) is 0 Å². The first-order valence-electron chi connectivity index (χ1n) is 7.09. The average molecular weight is 302 g/mol. The molecule has 0 nitrogen and oxygen atoms in total. The molecule has 6 heteroatoms. The quantitative estimate of drug-likeness (QED) is 0.597. The number of hydrogen-bond donors (Lipinski definition) is 0. The monoisotopic (exact) mass is 302 g/mol. The Hall–Kier alpha value is -0.420. The van der Waals surface area contributed by atoms with Crippen LogP contribution in [-0.2, 0) is 0 Å². The van der Waals surface area contributed by atoms with Gasteiger partial charge in [-0.3, -0.25) is 0 Å². The van der Waals surface area contributed by atoms with E-state index in [-0.39, 0.29) is 5.92 Å². The van der Waals surface area contributed by atoms with Gasteiger partial charge in [0.2, 0.25) is 0 Å². The highest BCUT2D eigenvalue weighted by atomic mass is 19.4. The first-order valence-corrected chi connectivity index (χ1v) is 7.09. The van der Waals surface area contributed by atoms with E-state index in [1.165, 1.54) is 0 Å². The van der Waals surface area contributed by atoms with Crippen LogP contribution in [-0.4, -0.2) is 12.4 Å². The summed E-state index contributed by atoms with van der Waals surface area (Å²) in [5.41, 5.74) is -3.60. The third-order valence-corrected chi connectivity index (χ3v) is 5.51. The largest absolute Gasteiger partial charge is 0.402 e. The molecule has 2 aliphatic rings. The molecular weight excluding hydrogens is 282 g/mol. The molecule has 0 heterocycles. The molecule has 0 aromatic carbocycles. The van der Waals surface area contributed by atoms with E-state index in [9.17, 15) is 26.3 Å². The van der Waals surface area contributed by atoms with Crippen LogP contribution in [0.25, 0.3) is 0 Å². The lowest BCUT2D eigenvalue weighted by molar-refractivity contribution is -0.340. The minimum absolute atomic E-state index is 0.0257. The highest BCUT2D eigenvalue weighted by Crippen LogP contribution is 2.57. The Morgan fingerprint density at radius 1 is 0.950 bits per heavy atom. The molecule has 0 saturated heterocycles. The van der Waals surface area contributed by atoms with Crippen molar-refractivity contribution in [3.63, 3.8) is 0 Å². The molecule has 0 radical (unpaired) electrons. The standard InChI is InChI=1S/C14H20F6/c1-8(11-6-9-3-4-10(11)5-9)7-12(2,13(15,16)17)14(18,19)20/h8-11H,3-7H2,1-2H3/t8-,9?,10?,11?/m1/s1. The molecule has 0 amide bonds. The van der Waals surface area contributed by atoms with Crippen molar-refractivity contribution in [2.24, 2.45) is 29.1 Å². The summed E-state index contributed by atoms with van der Waals surface area (Å²) in [7, 11) is 0. The second-order valence-electron chi connectivity index (χ2n) is 6.85. The Balaban J connectivity index is 2.13. The van der Waals surface area contributed by atoms with Gasteiger partial charge in [0, 0.05) is 0 Å². The zero-order valence-electron chi connectivity index (χ0n) is 11.6. The highest BCUT2D eigenvalue weighted by molar-refractivity contribution is 4.96. The lowest BCUT2D eigenvalue weighted by Crippen LogP contribution is -2.49. The van der Waals surface area contributed by atoms with Crippen LogP contribution in [0.15, 0.2) is 0 Å². The summed E-state index contributed by atoms with van der Waals surface area (Å²) in [5, 5.41) is 0. The van der Waals surface area contributed by atoms with Gasteiger partial charge < -0.3 is 0 Å². The van der Waals surface area contributed by atoms with E-state index in [1.807, 2.05) is 0 Å². The summed E-state index contributed by atoms with van der Waals surface area (Å²) < 4.78 is 77.5. The lowest BCUT2D eigenvalue weighted by Gasteiger charge is -2.38. The van der Waals surface area contributed by atoms with Crippen molar-refractivity contribution in [1.82, 2.24) is 0 Å². The van der Waals surface area contributed by atoms with Gasteiger partial charge in [0.25, 0.3) is 0 Å². The van der Waals surface area contributed by atoms with Gasteiger partial charge in [-0.25, -0.2) is 0 Å². The van der Waals surface area contributed by atoms with Gasteiger partial charge in [-0.05, 0) is 56.3 Å². The van der Waals surface area contributed by atoms with Gasteiger partial charge in [0.05, 0.1) is 0 Å². The zero-order valence-corrected chi connectivity index (χ0v) is 11.6. The van der Waals surface area contributed by atoms with Gasteiger partial charge in [-0.15, -0.1) is 0 Å². The molecule has 2 bridgehead atoms. The van der Waals surface area contributed by atoms with Crippen molar-refractivity contribution < 1.29 is 26.3 Å². The minimum Gasteiger partial charge on any atom is -0.170 e. The van der Waals surface area contributed by atoms with Crippen LogP contribution in [0.2, 0.25) is 0 Å². The molecule has 2 aliphatic carbocycles. The van der Waals surface area contributed by atoms with Crippen LogP contribution in [0.3, 0.4) is 0 Å². The molecular formula is C14H20F6. The predicted octanol–water partition coefficient (Wildman–Crippen LogP) is 5.58. The van der Waals surface area contributed by atoms with Crippen molar-refractivity contribution in [1.29, 1.82) is 0 Å². The lowest BCUT2D eigenvalue weighted by atomic mass is 9.71. The molecule has 0 N–H and O–H groups in total. The number of fused-ring (bicyclic) bond motifs is 2. The molecule has 0 aromatic rings. The van der Waals surface area contributed by atoms with Gasteiger partial charge in [0.1, 0.15) is 0 Å². The molecule has 118 valence electrons. The number of halogens is 6. The summed E-state index contributed by atoms with van der Waals surface area (Å²) >= 11 is 0. The topological polar surface area (TPSA) is 0 Å². The fourth-order valence-electron chi connectivity index (χ4n) is 4.18. The van der Waals surface area contributed by atoms with E-state index >= 15 is 0 Å². The number of rotatable bonds is 3. The first kappa shape index (κ1) is 16.0. The molecule has 20 heavy (non-hydrogen) atoms. The molecule has 4 atom stereocenters. The molecule has 0 aromatic heterocycles. The Bertz CT molecular complexity index is 342. The second kappa shape index (κ2) is 4.80. The van der Waals surface area contributed by atoms with E-state index in [0.717, 1.165) is 25.7 Å². The molecule has 2 rings (SSSR count). The van der Waals surface area contributed by atoms with Gasteiger partial charge in [-0.2, -0.15) is 26.3 Å². The van der Waals surface area contributed by atoms with E-state index < -0.39 is 30.1 Å². The average Bonchev–Trinajstić information content (AvgIpc) is 2.87. The molecule has 2 saturated carbocycles. The number of hydrogen-bond acceptors (Lipinski definition) is 0. The van der Waals surface area contributed by atoms with Crippen molar-refractivity contribution in [3.8, 4) is 0 Å². The van der Waals surface area contributed by atoms with Crippen LogP contribution in [0, 0.1) is 29.1 Å². The minimum atomic E-state index is -5.25. The number of alkyl halides is 6. The van der Waals surface area contributed by atoms with Gasteiger partial charge >= 0.3 is 12.4 Å². The summed E-state index contributed by atoms with van der Waals surface area (Å²) in [6, 6.07) is 0. The van der Waals surface area contributed by atoms with Crippen molar-refractivity contribution in [2.45, 2.75) is 58.3 Å². The fraction of sp³-hybridized carbons (Fsp3) is 1.00. The Kier molecular flexibility index (Phi) is 3.83. The third kappa shape index (κ3) is 2.54. The molecule has 2 fully saturated rings. The summed E-state index contributed by atoms with van der Waals surface area (Å²) in [5.74, 6) is 0.340. The summed E-state index contributed by atoms with van der Waals surface area (Å²) in [6.07, 6.45) is -7.51. The van der Waals surface area contributed by atoms with E-state index in [0.29, 0.717) is 18.8 Å². The second-order valence-corrected chi connectivity index (χ2v) is 6.85. The third-order valence-electron chi connectivity index (χ3n) is 5.51. The molecule has 0 spiro atoms. The normalized spacial score (nSPS) is 32.7. The van der Waals surface area contributed by atoms with E-state index in [4.69, 9.17) is 0 Å².